The summed E-state index contributed by atoms with van der Waals surface area (Å²) in [6.45, 7) is 0.405. The lowest BCUT2D eigenvalue weighted by molar-refractivity contribution is -0.122. The molecular formula is C20H22ClFN2O2S. The average Bonchev–Trinajstić information content (AvgIpc) is 2.66. The van der Waals surface area contributed by atoms with Gasteiger partial charge in [-0.1, -0.05) is 35.9 Å². The first kappa shape index (κ1) is 21.3. The Hall–Kier alpha value is -2.05. The highest BCUT2D eigenvalue weighted by Crippen LogP contribution is 2.15. The highest BCUT2D eigenvalue weighted by molar-refractivity contribution is 7.98. The second-order valence-corrected chi connectivity index (χ2v) is 7.35. The van der Waals surface area contributed by atoms with Crippen molar-refractivity contribution in [1.29, 1.82) is 0 Å². The first-order valence-corrected chi connectivity index (χ1v) is 10.3. The summed E-state index contributed by atoms with van der Waals surface area (Å²) in [4.78, 5) is 25.0. The second kappa shape index (κ2) is 10.9. The van der Waals surface area contributed by atoms with E-state index < -0.39 is 6.04 Å². The number of hydrogen-bond acceptors (Lipinski definition) is 3. The predicted molar refractivity (Wildman–Crippen MR) is 109 cm³/mol. The molecule has 2 aromatic carbocycles. The summed E-state index contributed by atoms with van der Waals surface area (Å²) in [7, 11) is 0. The Bertz CT molecular complexity index is 771. The lowest BCUT2D eigenvalue weighted by Crippen LogP contribution is -2.47. The van der Waals surface area contributed by atoms with Gasteiger partial charge in [-0.2, -0.15) is 11.8 Å². The summed E-state index contributed by atoms with van der Waals surface area (Å²) in [6, 6.07) is 12.2. The first-order chi connectivity index (χ1) is 13.0. The zero-order chi connectivity index (χ0) is 19.6. The normalized spacial score (nSPS) is 11.7. The van der Waals surface area contributed by atoms with E-state index in [-0.39, 0.29) is 17.6 Å². The summed E-state index contributed by atoms with van der Waals surface area (Å²) >= 11 is 7.66. The molecule has 0 aliphatic carbocycles. The van der Waals surface area contributed by atoms with E-state index in [1.807, 2.05) is 6.26 Å². The second-order valence-electron chi connectivity index (χ2n) is 5.95. The van der Waals surface area contributed by atoms with E-state index in [0.717, 1.165) is 11.3 Å². The standard InChI is InChI=1S/C20H22ClFN2O2S/c1-27-13-11-18(24-19(25)16-4-2-3-5-17(16)21)20(26)23-12-10-14-6-8-15(22)9-7-14/h2-9,18H,10-13H2,1H3,(H,23,26)(H,24,25)/t18-/m1/s1. The minimum atomic E-state index is -0.644. The van der Waals surface area contributed by atoms with Gasteiger partial charge >= 0.3 is 0 Å². The molecule has 0 aliphatic rings. The molecule has 0 fully saturated rings. The van der Waals surface area contributed by atoms with E-state index >= 15 is 0 Å². The van der Waals surface area contributed by atoms with Gasteiger partial charge in [0.1, 0.15) is 11.9 Å². The Balaban J connectivity index is 1.93. The molecule has 0 spiro atoms. The van der Waals surface area contributed by atoms with E-state index in [9.17, 15) is 14.0 Å². The molecule has 0 saturated heterocycles. The van der Waals surface area contributed by atoms with E-state index in [1.165, 1.54) is 12.1 Å². The molecule has 1 atom stereocenters. The molecule has 7 heteroatoms. The molecule has 0 bridgehead atoms. The van der Waals surface area contributed by atoms with Crippen molar-refractivity contribution in [1.82, 2.24) is 10.6 Å². The van der Waals surface area contributed by atoms with Gasteiger partial charge in [0.2, 0.25) is 5.91 Å². The maximum absolute atomic E-state index is 12.9. The molecule has 27 heavy (non-hydrogen) atoms. The Labute approximate surface area is 167 Å². The molecule has 2 aromatic rings. The van der Waals surface area contributed by atoms with Crippen LogP contribution >= 0.6 is 23.4 Å². The molecule has 0 aromatic heterocycles. The van der Waals surface area contributed by atoms with Crippen LogP contribution in [0.5, 0.6) is 0 Å². The zero-order valence-electron chi connectivity index (χ0n) is 15.0. The van der Waals surface area contributed by atoms with E-state index in [4.69, 9.17) is 11.6 Å². The maximum atomic E-state index is 12.9. The van der Waals surface area contributed by atoms with Gasteiger partial charge in [0.15, 0.2) is 0 Å². The number of amides is 2. The third-order valence-corrected chi connectivity index (χ3v) is 4.95. The van der Waals surface area contributed by atoms with Gasteiger partial charge in [-0.15, -0.1) is 0 Å². The van der Waals surface area contributed by atoms with Gasteiger partial charge < -0.3 is 10.6 Å². The van der Waals surface area contributed by atoms with Crippen LogP contribution in [-0.2, 0) is 11.2 Å². The molecule has 4 nitrogen and oxygen atoms in total. The van der Waals surface area contributed by atoms with E-state index in [0.29, 0.717) is 30.0 Å². The topological polar surface area (TPSA) is 58.2 Å². The Morgan fingerprint density at radius 3 is 2.52 bits per heavy atom. The zero-order valence-corrected chi connectivity index (χ0v) is 16.6. The van der Waals surface area contributed by atoms with Gasteiger partial charge in [-0.25, -0.2) is 4.39 Å². The molecule has 0 aliphatic heterocycles. The quantitative estimate of drug-likeness (QED) is 0.665. The number of benzene rings is 2. The third-order valence-electron chi connectivity index (χ3n) is 3.98. The van der Waals surface area contributed by atoms with Gasteiger partial charge in [0, 0.05) is 6.54 Å². The monoisotopic (exact) mass is 408 g/mol. The van der Waals surface area contributed by atoms with Crippen molar-refractivity contribution in [2.75, 3.05) is 18.6 Å². The van der Waals surface area contributed by atoms with Crippen LogP contribution in [0.4, 0.5) is 4.39 Å². The van der Waals surface area contributed by atoms with E-state index in [1.54, 1.807) is 48.2 Å². The average molecular weight is 409 g/mol. The van der Waals surface area contributed by atoms with Crippen LogP contribution in [-0.4, -0.2) is 36.4 Å². The van der Waals surface area contributed by atoms with Crippen LogP contribution in [0.25, 0.3) is 0 Å². The van der Waals surface area contributed by atoms with Gasteiger partial charge in [0.25, 0.3) is 5.91 Å². The van der Waals surface area contributed by atoms with Crippen LogP contribution in [0.1, 0.15) is 22.3 Å². The first-order valence-electron chi connectivity index (χ1n) is 8.57. The number of thioether (sulfide) groups is 1. The van der Waals surface area contributed by atoms with Crippen LogP contribution in [0.3, 0.4) is 0 Å². The lowest BCUT2D eigenvalue weighted by Gasteiger charge is -2.18. The summed E-state index contributed by atoms with van der Waals surface area (Å²) in [5.74, 6) is -0.173. The third kappa shape index (κ3) is 6.88. The molecular weight excluding hydrogens is 387 g/mol. The highest BCUT2D eigenvalue weighted by atomic mass is 35.5. The van der Waals surface area contributed by atoms with Crippen molar-refractivity contribution >= 4 is 35.2 Å². The Morgan fingerprint density at radius 2 is 1.85 bits per heavy atom. The Kier molecular flexibility index (Phi) is 8.61. The van der Waals surface area contributed by atoms with Crippen LogP contribution in [0, 0.1) is 5.82 Å². The minimum absolute atomic E-state index is 0.244. The summed E-state index contributed by atoms with van der Waals surface area (Å²) < 4.78 is 12.9. The van der Waals surface area contributed by atoms with Crippen molar-refractivity contribution < 1.29 is 14.0 Å². The van der Waals surface area contributed by atoms with Crippen molar-refractivity contribution in [3.63, 3.8) is 0 Å². The smallest absolute Gasteiger partial charge is 0.253 e. The number of rotatable bonds is 9. The Morgan fingerprint density at radius 1 is 1.15 bits per heavy atom. The summed E-state index contributed by atoms with van der Waals surface area (Å²) in [5.41, 5.74) is 1.27. The minimum Gasteiger partial charge on any atom is -0.354 e. The SMILES string of the molecule is CSCC[C@@H](NC(=O)c1ccccc1Cl)C(=O)NCCc1ccc(F)cc1. The summed E-state index contributed by atoms with van der Waals surface area (Å²) in [5, 5.41) is 5.95. The number of carbonyl (C=O) groups excluding carboxylic acids is 2. The molecule has 0 unspecified atom stereocenters. The van der Waals surface area contributed by atoms with Crippen molar-refractivity contribution in [2.24, 2.45) is 0 Å². The van der Waals surface area contributed by atoms with Gasteiger partial charge in [-0.3, -0.25) is 9.59 Å². The number of carbonyl (C=O) groups is 2. The molecule has 2 N–H and O–H groups in total. The van der Waals surface area contributed by atoms with Crippen LogP contribution in [0.15, 0.2) is 48.5 Å². The number of nitrogens with one attached hydrogen (secondary N) is 2. The van der Waals surface area contributed by atoms with E-state index in [2.05, 4.69) is 10.6 Å². The van der Waals surface area contributed by atoms with Crippen molar-refractivity contribution in [3.8, 4) is 0 Å². The maximum Gasteiger partial charge on any atom is 0.253 e. The van der Waals surface area contributed by atoms with Crippen molar-refractivity contribution in [3.05, 3.63) is 70.5 Å². The molecule has 0 radical (unpaired) electrons. The molecule has 0 saturated carbocycles. The number of halogens is 2. The molecule has 2 amide bonds. The van der Waals surface area contributed by atoms with Gasteiger partial charge in [-0.05, 0) is 54.7 Å². The molecule has 144 valence electrons. The van der Waals surface area contributed by atoms with Gasteiger partial charge in [0.05, 0.1) is 10.6 Å². The van der Waals surface area contributed by atoms with Crippen LogP contribution < -0.4 is 10.6 Å². The fourth-order valence-corrected chi connectivity index (χ4v) is 3.18. The fraction of sp³-hybridized carbons (Fsp3) is 0.300. The lowest BCUT2D eigenvalue weighted by atomic mass is 10.1. The largest absolute Gasteiger partial charge is 0.354 e. The number of hydrogen-bond donors (Lipinski definition) is 2. The summed E-state index contributed by atoms with van der Waals surface area (Å²) in [6.07, 6.45) is 3.04. The molecule has 2 rings (SSSR count). The van der Waals surface area contributed by atoms with Crippen molar-refractivity contribution in [2.45, 2.75) is 18.9 Å². The highest BCUT2D eigenvalue weighted by Gasteiger charge is 2.21. The molecule has 0 heterocycles. The fourth-order valence-electron chi connectivity index (χ4n) is 2.49. The van der Waals surface area contributed by atoms with Crippen LogP contribution in [0.2, 0.25) is 5.02 Å². The predicted octanol–water partition coefficient (Wildman–Crippen LogP) is 3.69.